The molecule has 1 unspecified atom stereocenters. The Kier molecular flexibility index (Phi) is 5.85. The maximum Gasteiger partial charge on any atom is 0.124 e. The second-order valence-corrected chi connectivity index (χ2v) is 6.73. The number of benzene rings is 2. The first-order chi connectivity index (χ1) is 10.0. The number of hydrogen-bond acceptors (Lipinski definition) is 2. The van der Waals surface area contributed by atoms with Gasteiger partial charge in [0.15, 0.2) is 0 Å². The molecule has 0 aliphatic heterocycles. The third-order valence-corrected chi connectivity index (χ3v) is 4.22. The largest absolute Gasteiger partial charge is 0.494 e. The molecule has 0 bridgehead atoms. The second kappa shape index (κ2) is 7.43. The quantitative estimate of drug-likeness (QED) is 0.725. The highest BCUT2D eigenvalue weighted by Crippen LogP contribution is 2.33. The topological polar surface area (TPSA) is 21.3 Å². The first kappa shape index (κ1) is 16.5. The van der Waals surface area contributed by atoms with Crippen LogP contribution in [0.25, 0.3) is 0 Å². The molecular weight excluding hydrogens is 394 g/mol. The summed E-state index contributed by atoms with van der Waals surface area (Å²) >= 11 is 7.13. The molecule has 1 N–H and O–H groups in total. The van der Waals surface area contributed by atoms with Crippen molar-refractivity contribution in [3.05, 3.63) is 62.0 Å². The average Bonchev–Trinajstić information content (AvgIpc) is 2.41. The van der Waals surface area contributed by atoms with Crippen molar-refractivity contribution in [1.29, 1.82) is 0 Å². The van der Waals surface area contributed by atoms with Crippen LogP contribution in [0.3, 0.4) is 0 Å². The van der Waals surface area contributed by atoms with Crippen molar-refractivity contribution in [2.75, 3.05) is 13.7 Å². The van der Waals surface area contributed by atoms with E-state index in [9.17, 15) is 0 Å². The molecule has 2 nitrogen and oxygen atoms in total. The molecule has 112 valence electrons. The van der Waals surface area contributed by atoms with Gasteiger partial charge in [-0.25, -0.2) is 0 Å². The number of aryl methyl sites for hydroxylation is 1. The predicted octanol–water partition coefficient (Wildman–Crippen LogP) is 5.23. The Morgan fingerprint density at radius 2 is 1.86 bits per heavy atom. The van der Waals surface area contributed by atoms with E-state index in [0.717, 1.165) is 20.3 Å². The van der Waals surface area contributed by atoms with Crippen LogP contribution in [0.15, 0.2) is 45.3 Å². The van der Waals surface area contributed by atoms with Gasteiger partial charge in [-0.3, -0.25) is 0 Å². The smallest absolute Gasteiger partial charge is 0.124 e. The molecular formula is C17H19Br2NO. The van der Waals surface area contributed by atoms with Gasteiger partial charge in [-0.05, 0) is 62.4 Å². The lowest BCUT2D eigenvalue weighted by molar-refractivity contribution is 0.334. The molecule has 2 aromatic rings. The number of halogens is 2. The van der Waals surface area contributed by atoms with Crippen molar-refractivity contribution in [2.24, 2.45) is 0 Å². The number of hydrogen-bond donors (Lipinski definition) is 1. The van der Waals surface area contributed by atoms with E-state index in [1.165, 1.54) is 11.1 Å². The molecule has 2 aromatic carbocycles. The Labute approximate surface area is 143 Å². The van der Waals surface area contributed by atoms with Crippen molar-refractivity contribution in [2.45, 2.75) is 19.9 Å². The van der Waals surface area contributed by atoms with Gasteiger partial charge < -0.3 is 10.1 Å². The van der Waals surface area contributed by atoms with E-state index in [0.29, 0.717) is 6.61 Å². The van der Waals surface area contributed by atoms with Gasteiger partial charge in [-0.15, -0.1) is 0 Å². The summed E-state index contributed by atoms with van der Waals surface area (Å²) in [6.45, 7) is 4.76. The third-order valence-electron chi connectivity index (χ3n) is 3.27. The van der Waals surface area contributed by atoms with Crippen molar-refractivity contribution >= 4 is 31.9 Å². The van der Waals surface area contributed by atoms with Crippen LogP contribution in [-0.4, -0.2) is 13.7 Å². The van der Waals surface area contributed by atoms with Crippen LogP contribution in [0.2, 0.25) is 0 Å². The zero-order chi connectivity index (χ0) is 15.4. The Balaban J connectivity index is 2.52. The molecule has 0 aliphatic carbocycles. The summed E-state index contributed by atoms with van der Waals surface area (Å²) in [7, 11) is 1.97. The molecule has 0 amide bonds. The van der Waals surface area contributed by atoms with Gasteiger partial charge in [0.1, 0.15) is 5.75 Å². The van der Waals surface area contributed by atoms with Gasteiger partial charge >= 0.3 is 0 Å². The van der Waals surface area contributed by atoms with Gasteiger partial charge in [0.05, 0.1) is 12.6 Å². The van der Waals surface area contributed by atoms with Crippen molar-refractivity contribution < 1.29 is 4.74 Å². The van der Waals surface area contributed by atoms with Crippen LogP contribution in [0, 0.1) is 6.92 Å². The molecule has 2 rings (SSSR count). The van der Waals surface area contributed by atoms with Gasteiger partial charge in [0.2, 0.25) is 0 Å². The fourth-order valence-electron chi connectivity index (χ4n) is 2.46. The molecule has 0 radical (unpaired) electrons. The molecule has 0 fully saturated rings. The summed E-state index contributed by atoms with van der Waals surface area (Å²) in [6.07, 6.45) is 0. The fourth-order valence-corrected chi connectivity index (χ4v) is 3.47. The highest BCUT2D eigenvalue weighted by Gasteiger charge is 2.18. The molecule has 0 heterocycles. The molecule has 21 heavy (non-hydrogen) atoms. The van der Waals surface area contributed by atoms with Crippen molar-refractivity contribution in [1.82, 2.24) is 5.32 Å². The maximum absolute atomic E-state index is 5.78. The van der Waals surface area contributed by atoms with Gasteiger partial charge in [0.25, 0.3) is 0 Å². The minimum atomic E-state index is 0.0836. The Morgan fingerprint density at radius 3 is 2.48 bits per heavy atom. The zero-order valence-corrected chi connectivity index (χ0v) is 15.6. The second-order valence-electron chi connectivity index (χ2n) is 4.90. The van der Waals surface area contributed by atoms with Gasteiger partial charge in [-0.2, -0.15) is 0 Å². The van der Waals surface area contributed by atoms with Gasteiger partial charge in [-0.1, -0.05) is 37.9 Å². The fraction of sp³-hybridized carbons (Fsp3) is 0.294. The highest BCUT2D eigenvalue weighted by atomic mass is 79.9. The first-order valence-corrected chi connectivity index (χ1v) is 8.50. The van der Waals surface area contributed by atoms with E-state index in [-0.39, 0.29) is 6.04 Å². The zero-order valence-electron chi connectivity index (χ0n) is 12.4. The lowest BCUT2D eigenvalue weighted by atomic mass is 9.96. The van der Waals surface area contributed by atoms with E-state index in [4.69, 9.17) is 4.74 Å². The lowest BCUT2D eigenvalue weighted by Gasteiger charge is -2.21. The lowest BCUT2D eigenvalue weighted by Crippen LogP contribution is -2.19. The van der Waals surface area contributed by atoms with Crippen LogP contribution >= 0.6 is 31.9 Å². The van der Waals surface area contributed by atoms with E-state index in [2.05, 4.69) is 68.4 Å². The minimum absolute atomic E-state index is 0.0836. The van der Waals surface area contributed by atoms with Crippen LogP contribution in [-0.2, 0) is 0 Å². The average molecular weight is 413 g/mol. The third kappa shape index (κ3) is 4.09. The molecule has 1 atom stereocenters. The van der Waals surface area contributed by atoms with Crippen LogP contribution in [0.4, 0.5) is 0 Å². The van der Waals surface area contributed by atoms with E-state index in [1.54, 1.807) is 0 Å². The molecule has 0 aromatic heterocycles. The van der Waals surface area contributed by atoms with Gasteiger partial charge in [0, 0.05) is 14.5 Å². The predicted molar refractivity (Wildman–Crippen MR) is 95.1 cm³/mol. The van der Waals surface area contributed by atoms with E-state index < -0.39 is 0 Å². The standard InChI is InChI=1S/C17H19Br2NO/c1-4-21-16-6-5-13(18)10-15(16)17(20-3)12-7-11(2)8-14(19)9-12/h5-10,17,20H,4H2,1-3H3. The Hall–Kier alpha value is -0.840. The monoisotopic (exact) mass is 411 g/mol. The summed E-state index contributed by atoms with van der Waals surface area (Å²) in [5.74, 6) is 0.915. The summed E-state index contributed by atoms with van der Waals surface area (Å²) in [4.78, 5) is 0. The first-order valence-electron chi connectivity index (χ1n) is 6.91. The molecule has 0 saturated carbocycles. The van der Waals surface area contributed by atoms with Crippen LogP contribution in [0.1, 0.15) is 29.7 Å². The highest BCUT2D eigenvalue weighted by molar-refractivity contribution is 9.10. The van der Waals surface area contributed by atoms with Crippen molar-refractivity contribution in [3.63, 3.8) is 0 Å². The Morgan fingerprint density at radius 1 is 1.10 bits per heavy atom. The number of rotatable bonds is 5. The Bertz CT molecular complexity index is 608. The van der Waals surface area contributed by atoms with E-state index in [1.807, 2.05) is 26.1 Å². The van der Waals surface area contributed by atoms with E-state index >= 15 is 0 Å². The molecule has 4 heteroatoms. The summed E-state index contributed by atoms with van der Waals surface area (Å²) in [6, 6.07) is 12.7. The normalized spacial score (nSPS) is 12.2. The molecule has 0 saturated heterocycles. The summed E-state index contributed by atoms with van der Waals surface area (Å²) in [5.41, 5.74) is 3.57. The minimum Gasteiger partial charge on any atom is -0.494 e. The van der Waals surface area contributed by atoms with Crippen LogP contribution < -0.4 is 10.1 Å². The van der Waals surface area contributed by atoms with Crippen molar-refractivity contribution in [3.8, 4) is 5.75 Å². The molecule has 0 aliphatic rings. The number of ether oxygens (including phenoxy) is 1. The van der Waals surface area contributed by atoms with Crippen LogP contribution in [0.5, 0.6) is 5.75 Å². The maximum atomic E-state index is 5.78. The number of nitrogens with one attached hydrogen (secondary N) is 1. The summed E-state index contributed by atoms with van der Waals surface area (Å²) < 4.78 is 7.92. The summed E-state index contributed by atoms with van der Waals surface area (Å²) in [5, 5.41) is 3.39. The SMILES string of the molecule is CCOc1ccc(Br)cc1C(NC)c1cc(C)cc(Br)c1. The molecule has 0 spiro atoms.